The molecule has 2 aromatic rings. The number of benzene rings is 2. The van der Waals surface area contributed by atoms with Gasteiger partial charge < -0.3 is 10.1 Å². The number of nitrogens with one attached hydrogen (secondary N) is 1. The molecule has 0 spiro atoms. The third-order valence-corrected chi connectivity index (χ3v) is 7.58. The SMILES string of the molecule is COC(=O)C(Cc1ccccc1)NC(=O)c1ccc(Cl)c(S(=O)(=O)N2CCCCC2)c1. The van der Waals surface area contributed by atoms with Gasteiger partial charge >= 0.3 is 5.97 Å². The van der Waals surface area contributed by atoms with Crippen molar-refractivity contribution in [1.82, 2.24) is 9.62 Å². The predicted octanol–water partition coefficient (Wildman–Crippen LogP) is 3.03. The van der Waals surface area contributed by atoms with Gasteiger partial charge in [0.2, 0.25) is 10.0 Å². The van der Waals surface area contributed by atoms with Gasteiger partial charge in [-0.2, -0.15) is 4.31 Å². The molecule has 166 valence electrons. The van der Waals surface area contributed by atoms with Crippen LogP contribution < -0.4 is 5.32 Å². The van der Waals surface area contributed by atoms with Gasteiger partial charge in [0.25, 0.3) is 5.91 Å². The van der Waals surface area contributed by atoms with Crippen LogP contribution in [0.15, 0.2) is 53.4 Å². The standard InChI is InChI=1S/C22H25ClN2O5S/c1-30-22(27)19(14-16-8-4-2-5-9-16)24-21(26)17-10-11-18(23)20(15-17)31(28,29)25-12-6-3-7-13-25/h2,4-5,8-11,15,19H,3,6-7,12-14H2,1H3,(H,24,26). The number of ether oxygens (including phenoxy) is 1. The number of esters is 1. The van der Waals surface area contributed by atoms with Crippen LogP contribution in [-0.4, -0.2) is 50.8 Å². The second kappa shape index (κ2) is 10.3. The molecule has 7 nitrogen and oxygen atoms in total. The number of methoxy groups -OCH3 is 1. The minimum atomic E-state index is -3.82. The fraction of sp³-hybridized carbons (Fsp3) is 0.364. The number of sulfonamides is 1. The van der Waals surface area contributed by atoms with E-state index in [0.29, 0.717) is 13.1 Å². The Labute approximate surface area is 187 Å². The Morgan fingerprint density at radius 1 is 1.10 bits per heavy atom. The second-order valence-electron chi connectivity index (χ2n) is 7.35. The van der Waals surface area contributed by atoms with E-state index >= 15 is 0 Å². The van der Waals surface area contributed by atoms with E-state index in [0.717, 1.165) is 24.8 Å². The van der Waals surface area contributed by atoms with Gasteiger partial charge in [-0.15, -0.1) is 0 Å². The first kappa shape index (κ1) is 23.2. The van der Waals surface area contributed by atoms with Gasteiger partial charge in [0, 0.05) is 25.1 Å². The molecule has 1 N–H and O–H groups in total. The summed E-state index contributed by atoms with van der Waals surface area (Å²) in [5.41, 5.74) is 0.949. The molecule has 2 aromatic carbocycles. The highest BCUT2D eigenvalue weighted by atomic mass is 35.5. The Bertz CT molecular complexity index is 1040. The van der Waals surface area contributed by atoms with E-state index in [2.05, 4.69) is 5.32 Å². The lowest BCUT2D eigenvalue weighted by Crippen LogP contribution is -2.43. The van der Waals surface area contributed by atoms with E-state index in [1.807, 2.05) is 30.3 Å². The number of carbonyl (C=O) groups excluding carboxylic acids is 2. The van der Waals surface area contributed by atoms with Crippen molar-refractivity contribution in [1.29, 1.82) is 0 Å². The Morgan fingerprint density at radius 3 is 2.42 bits per heavy atom. The molecule has 1 atom stereocenters. The maximum absolute atomic E-state index is 13.0. The van der Waals surface area contributed by atoms with Crippen LogP contribution in [0.3, 0.4) is 0 Å². The lowest BCUT2D eigenvalue weighted by molar-refractivity contribution is -0.142. The second-order valence-corrected chi connectivity index (χ2v) is 9.66. The number of piperidine rings is 1. The molecule has 1 heterocycles. The first-order valence-corrected chi connectivity index (χ1v) is 11.9. The van der Waals surface area contributed by atoms with E-state index in [-0.39, 0.29) is 21.9 Å². The molecule has 1 unspecified atom stereocenters. The highest BCUT2D eigenvalue weighted by Crippen LogP contribution is 2.28. The Hall–Kier alpha value is -2.42. The molecule has 0 saturated carbocycles. The van der Waals surface area contributed by atoms with E-state index in [1.165, 1.54) is 29.6 Å². The Morgan fingerprint density at radius 2 is 1.77 bits per heavy atom. The molecule has 3 rings (SSSR count). The molecule has 1 aliphatic heterocycles. The predicted molar refractivity (Wildman–Crippen MR) is 117 cm³/mol. The number of hydrogen-bond donors (Lipinski definition) is 1. The van der Waals surface area contributed by atoms with Crippen LogP contribution in [0.25, 0.3) is 0 Å². The average molecular weight is 465 g/mol. The molecular weight excluding hydrogens is 440 g/mol. The van der Waals surface area contributed by atoms with Crippen molar-refractivity contribution in [2.24, 2.45) is 0 Å². The first-order chi connectivity index (χ1) is 14.8. The van der Waals surface area contributed by atoms with Gasteiger partial charge in [-0.25, -0.2) is 13.2 Å². The van der Waals surface area contributed by atoms with E-state index in [1.54, 1.807) is 0 Å². The molecule has 0 bridgehead atoms. The zero-order chi connectivity index (χ0) is 22.4. The fourth-order valence-electron chi connectivity index (χ4n) is 3.51. The lowest BCUT2D eigenvalue weighted by atomic mass is 10.1. The van der Waals surface area contributed by atoms with Crippen molar-refractivity contribution in [3.05, 3.63) is 64.7 Å². The summed E-state index contributed by atoms with van der Waals surface area (Å²) in [6, 6.07) is 12.4. The maximum atomic E-state index is 13.0. The van der Waals surface area contributed by atoms with Gasteiger partial charge in [0.15, 0.2) is 0 Å². The number of rotatable bonds is 7. The quantitative estimate of drug-likeness (QED) is 0.636. The minimum absolute atomic E-state index is 0.0518. The molecule has 31 heavy (non-hydrogen) atoms. The molecule has 0 aliphatic carbocycles. The van der Waals surface area contributed by atoms with Gasteiger partial charge in [0.1, 0.15) is 10.9 Å². The lowest BCUT2D eigenvalue weighted by Gasteiger charge is -2.26. The third-order valence-electron chi connectivity index (χ3n) is 5.20. The van der Waals surface area contributed by atoms with Crippen LogP contribution in [0.1, 0.15) is 35.2 Å². The highest BCUT2D eigenvalue weighted by molar-refractivity contribution is 7.89. The monoisotopic (exact) mass is 464 g/mol. The van der Waals surface area contributed by atoms with Crippen molar-refractivity contribution in [2.75, 3.05) is 20.2 Å². The smallest absolute Gasteiger partial charge is 0.328 e. The molecule has 9 heteroatoms. The zero-order valence-electron chi connectivity index (χ0n) is 17.2. The fourth-order valence-corrected chi connectivity index (χ4v) is 5.53. The van der Waals surface area contributed by atoms with E-state index in [9.17, 15) is 18.0 Å². The van der Waals surface area contributed by atoms with Crippen molar-refractivity contribution in [3.63, 3.8) is 0 Å². The van der Waals surface area contributed by atoms with E-state index < -0.39 is 27.9 Å². The molecule has 1 saturated heterocycles. The molecule has 1 aliphatic rings. The van der Waals surface area contributed by atoms with Crippen LogP contribution in [0, 0.1) is 0 Å². The molecule has 0 radical (unpaired) electrons. The minimum Gasteiger partial charge on any atom is -0.467 e. The van der Waals surface area contributed by atoms with Gasteiger partial charge in [-0.3, -0.25) is 4.79 Å². The molecule has 0 aromatic heterocycles. The largest absolute Gasteiger partial charge is 0.467 e. The number of amides is 1. The van der Waals surface area contributed by atoms with Gasteiger partial charge in [-0.05, 0) is 36.6 Å². The Balaban J connectivity index is 1.83. The summed E-state index contributed by atoms with van der Waals surface area (Å²) < 4.78 is 32.3. The van der Waals surface area contributed by atoms with Crippen LogP contribution in [-0.2, 0) is 26.0 Å². The number of halogens is 1. The normalized spacial score (nSPS) is 15.8. The summed E-state index contributed by atoms with van der Waals surface area (Å²) >= 11 is 6.18. The summed E-state index contributed by atoms with van der Waals surface area (Å²) in [5, 5.41) is 2.70. The van der Waals surface area contributed by atoms with E-state index in [4.69, 9.17) is 16.3 Å². The van der Waals surface area contributed by atoms with Gasteiger partial charge in [-0.1, -0.05) is 48.4 Å². The first-order valence-electron chi connectivity index (χ1n) is 10.0. The molecule has 1 fully saturated rings. The van der Waals surface area contributed by atoms with Crippen LogP contribution in [0.4, 0.5) is 0 Å². The van der Waals surface area contributed by atoms with Crippen molar-refractivity contribution in [2.45, 2.75) is 36.6 Å². The summed E-state index contributed by atoms with van der Waals surface area (Å²) in [6.45, 7) is 0.854. The zero-order valence-corrected chi connectivity index (χ0v) is 18.8. The summed E-state index contributed by atoms with van der Waals surface area (Å²) in [4.78, 5) is 25.0. The number of nitrogens with zero attached hydrogens (tertiary/aromatic N) is 1. The maximum Gasteiger partial charge on any atom is 0.328 e. The Kier molecular flexibility index (Phi) is 7.69. The summed E-state index contributed by atoms with van der Waals surface area (Å²) in [7, 11) is -2.57. The van der Waals surface area contributed by atoms with Gasteiger partial charge in [0.05, 0.1) is 12.1 Å². The van der Waals surface area contributed by atoms with Crippen LogP contribution in [0.5, 0.6) is 0 Å². The van der Waals surface area contributed by atoms with Crippen LogP contribution in [0.2, 0.25) is 5.02 Å². The van der Waals surface area contributed by atoms with Crippen LogP contribution >= 0.6 is 11.6 Å². The summed E-state index contributed by atoms with van der Waals surface area (Å²) in [6.07, 6.45) is 2.80. The topological polar surface area (TPSA) is 92.8 Å². The highest BCUT2D eigenvalue weighted by Gasteiger charge is 2.29. The van der Waals surface area contributed by atoms with Crippen molar-refractivity contribution >= 4 is 33.5 Å². The van der Waals surface area contributed by atoms with Crippen molar-refractivity contribution in [3.8, 4) is 0 Å². The average Bonchev–Trinajstić information content (AvgIpc) is 2.79. The number of hydrogen-bond acceptors (Lipinski definition) is 5. The number of carbonyl (C=O) groups is 2. The third kappa shape index (κ3) is 5.64. The summed E-state index contributed by atoms with van der Waals surface area (Å²) in [5.74, 6) is -1.18. The molecular formula is C22H25ClN2O5S. The molecule has 1 amide bonds. The van der Waals surface area contributed by atoms with Crippen molar-refractivity contribution < 1.29 is 22.7 Å².